The van der Waals surface area contributed by atoms with Crippen LogP contribution in [-0.4, -0.2) is 6.04 Å². The molecule has 0 aromatic heterocycles. The van der Waals surface area contributed by atoms with E-state index < -0.39 is 0 Å². The summed E-state index contributed by atoms with van der Waals surface area (Å²) in [7, 11) is 0. The molecule has 0 aromatic carbocycles. The van der Waals surface area contributed by atoms with Crippen molar-refractivity contribution in [1.29, 1.82) is 0 Å². The van der Waals surface area contributed by atoms with Gasteiger partial charge in [0, 0.05) is 6.04 Å². The van der Waals surface area contributed by atoms with Gasteiger partial charge in [-0.2, -0.15) is 0 Å². The molecule has 1 atom stereocenters. The van der Waals surface area contributed by atoms with Crippen LogP contribution < -0.4 is 5.73 Å². The first-order chi connectivity index (χ1) is 7.69. The molecule has 0 spiro atoms. The quantitative estimate of drug-likeness (QED) is 0.714. The summed E-state index contributed by atoms with van der Waals surface area (Å²) < 4.78 is 0. The number of rotatable bonds is 6. The lowest BCUT2D eigenvalue weighted by molar-refractivity contribution is 0.199. The molecule has 96 valence electrons. The lowest BCUT2D eigenvalue weighted by Gasteiger charge is -2.35. The van der Waals surface area contributed by atoms with E-state index in [1.54, 1.807) is 0 Å². The average Bonchev–Trinajstić information content (AvgIpc) is 2.29. The minimum absolute atomic E-state index is 0.479. The highest BCUT2D eigenvalue weighted by molar-refractivity contribution is 4.83. The molecule has 1 heteroatoms. The Morgan fingerprint density at radius 2 is 1.50 bits per heavy atom. The second-order valence-corrected chi connectivity index (χ2v) is 5.93. The predicted molar refractivity (Wildman–Crippen MR) is 72.4 cm³/mol. The van der Waals surface area contributed by atoms with Gasteiger partial charge in [0.1, 0.15) is 0 Å². The second kappa shape index (κ2) is 7.32. The molecule has 1 aliphatic rings. The third kappa shape index (κ3) is 4.08. The highest BCUT2D eigenvalue weighted by Crippen LogP contribution is 2.34. The van der Waals surface area contributed by atoms with E-state index in [1.165, 1.54) is 51.4 Å². The van der Waals surface area contributed by atoms with Crippen molar-refractivity contribution in [2.45, 2.75) is 78.2 Å². The SMILES string of the molecule is CCCC(CCC)C(N)C1CCC(C)CC1. The molecule has 0 aliphatic heterocycles. The van der Waals surface area contributed by atoms with E-state index in [-0.39, 0.29) is 0 Å². The molecule has 0 saturated heterocycles. The molecule has 1 unspecified atom stereocenters. The van der Waals surface area contributed by atoms with Crippen LogP contribution in [-0.2, 0) is 0 Å². The predicted octanol–water partition coefficient (Wildman–Crippen LogP) is 4.36. The minimum Gasteiger partial charge on any atom is -0.327 e. The van der Waals surface area contributed by atoms with Crippen molar-refractivity contribution < 1.29 is 0 Å². The summed E-state index contributed by atoms with van der Waals surface area (Å²) in [5.41, 5.74) is 6.51. The van der Waals surface area contributed by atoms with Gasteiger partial charge in [0.05, 0.1) is 0 Å². The van der Waals surface area contributed by atoms with Crippen molar-refractivity contribution in [3.8, 4) is 0 Å². The third-order valence-corrected chi connectivity index (χ3v) is 4.47. The zero-order chi connectivity index (χ0) is 12.0. The molecule has 2 N–H and O–H groups in total. The summed E-state index contributed by atoms with van der Waals surface area (Å²) in [4.78, 5) is 0. The van der Waals surface area contributed by atoms with Crippen LogP contribution in [0.1, 0.15) is 72.1 Å². The molecule has 1 nitrogen and oxygen atoms in total. The molecule has 0 radical (unpaired) electrons. The molecule has 1 aliphatic carbocycles. The fourth-order valence-electron chi connectivity index (χ4n) is 3.33. The Labute approximate surface area is 102 Å². The van der Waals surface area contributed by atoms with Crippen molar-refractivity contribution in [2.24, 2.45) is 23.5 Å². The standard InChI is InChI=1S/C15H31N/c1-4-6-13(7-5-2)15(16)14-10-8-12(3)9-11-14/h12-15H,4-11,16H2,1-3H3. The van der Waals surface area contributed by atoms with Gasteiger partial charge in [-0.1, -0.05) is 46.5 Å². The molecule has 0 bridgehead atoms. The molecular weight excluding hydrogens is 194 g/mol. The normalized spacial score (nSPS) is 28.3. The Morgan fingerprint density at radius 3 is 1.94 bits per heavy atom. The first kappa shape index (κ1) is 14.0. The molecule has 1 rings (SSSR count). The highest BCUT2D eigenvalue weighted by Gasteiger charge is 2.28. The van der Waals surface area contributed by atoms with Gasteiger partial charge in [-0.25, -0.2) is 0 Å². The molecule has 16 heavy (non-hydrogen) atoms. The van der Waals surface area contributed by atoms with Crippen LogP contribution in [0, 0.1) is 17.8 Å². The van der Waals surface area contributed by atoms with Crippen LogP contribution in [0.4, 0.5) is 0 Å². The molecule has 0 aromatic rings. The van der Waals surface area contributed by atoms with E-state index >= 15 is 0 Å². The van der Waals surface area contributed by atoms with Crippen LogP contribution in [0.3, 0.4) is 0 Å². The molecule has 1 fully saturated rings. The van der Waals surface area contributed by atoms with E-state index in [2.05, 4.69) is 20.8 Å². The maximum absolute atomic E-state index is 6.51. The summed E-state index contributed by atoms with van der Waals surface area (Å²) in [5.74, 6) is 2.55. The van der Waals surface area contributed by atoms with Crippen molar-refractivity contribution in [3.63, 3.8) is 0 Å². The van der Waals surface area contributed by atoms with Crippen molar-refractivity contribution >= 4 is 0 Å². The summed E-state index contributed by atoms with van der Waals surface area (Å²) in [6.07, 6.45) is 10.8. The van der Waals surface area contributed by atoms with E-state index in [0.29, 0.717) is 6.04 Å². The maximum atomic E-state index is 6.51. The number of nitrogens with two attached hydrogens (primary N) is 1. The van der Waals surface area contributed by atoms with Gasteiger partial charge < -0.3 is 5.73 Å². The third-order valence-electron chi connectivity index (χ3n) is 4.47. The van der Waals surface area contributed by atoms with E-state index in [4.69, 9.17) is 5.73 Å². The minimum atomic E-state index is 0.479. The van der Waals surface area contributed by atoms with Crippen molar-refractivity contribution in [3.05, 3.63) is 0 Å². The largest absolute Gasteiger partial charge is 0.327 e. The topological polar surface area (TPSA) is 26.0 Å². The van der Waals surface area contributed by atoms with Gasteiger partial charge in [0.2, 0.25) is 0 Å². The monoisotopic (exact) mass is 225 g/mol. The van der Waals surface area contributed by atoms with Crippen LogP contribution >= 0.6 is 0 Å². The molecular formula is C15H31N. The Morgan fingerprint density at radius 1 is 1.00 bits per heavy atom. The van der Waals surface area contributed by atoms with Gasteiger partial charge in [-0.3, -0.25) is 0 Å². The molecule has 0 heterocycles. The Hall–Kier alpha value is -0.0400. The van der Waals surface area contributed by atoms with E-state index in [0.717, 1.165) is 17.8 Å². The number of hydrogen-bond donors (Lipinski definition) is 1. The second-order valence-electron chi connectivity index (χ2n) is 5.93. The highest BCUT2D eigenvalue weighted by atomic mass is 14.7. The lowest BCUT2D eigenvalue weighted by Crippen LogP contribution is -2.39. The van der Waals surface area contributed by atoms with E-state index in [1.807, 2.05) is 0 Å². The lowest BCUT2D eigenvalue weighted by atomic mass is 9.74. The van der Waals surface area contributed by atoms with Gasteiger partial charge >= 0.3 is 0 Å². The molecule has 1 saturated carbocycles. The van der Waals surface area contributed by atoms with Crippen LogP contribution in [0.15, 0.2) is 0 Å². The van der Waals surface area contributed by atoms with Gasteiger partial charge in [-0.05, 0) is 43.4 Å². The van der Waals surface area contributed by atoms with Crippen LogP contribution in [0.5, 0.6) is 0 Å². The van der Waals surface area contributed by atoms with Gasteiger partial charge in [-0.15, -0.1) is 0 Å². The zero-order valence-electron chi connectivity index (χ0n) is 11.5. The Bertz CT molecular complexity index is 164. The smallest absolute Gasteiger partial charge is 0.00956 e. The van der Waals surface area contributed by atoms with Gasteiger partial charge in [0.25, 0.3) is 0 Å². The fraction of sp³-hybridized carbons (Fsp3) is 1.00. The average molecular weight is 225 g/mol. The molecule has 0 amide bonds. The number of hydrogen-bond acceptors (Lipinski definition) is 1. The van der Waals surface area contributed by atoms with Crippen molar-refractivity contribution in [2.75, 3.05) is 0 Å². The van der Waals surface area contributed by atoms with Crippen LogP contribution in [0.2, 0.25) is 0 Å². The fourth-order valence-corrected chi connectivity index (χ4v) is 3.33. The first-order valence-corrected chi connectivity index (χ1v) is 7.44. The van der Waals surface area contributed by atoms with Crippen LogP contribution in [0.25, 0.3) is 0 Å². The summed E-state index contributed by atoms with van der Waals surface area (Å²) in [6.45, 7) is 6.97. The summed E-state index contributed by atoms with van der Waals surface area (Å²) in [5, 5.41) is 0. The maximum Gasteiger partial charge on any atom is 0.00956 e. The van der Waals surface area contributed by atoms with Gasteiger partial charge in [0.15, 0.2) is 0 Å². The van der Waals surface area contributed by atoms with E-state index in [9.17, 15) is 0 Å². The summed E-state index contributed by atoms with van der Waals surface area (Å²) >= 11 is 0. The van der Waals surface area contributed by atoms with Crippen molar-refractivity contribution in [1.82, 2.24) is 0 Å². The first-order valence-electron chi connectivity index (χ1n) is 7.44. The summed E-state index contributed by atoms with van der Waals surface area (Å²) in [6, 6.07) is 0.479. The Kier molecular flexibility index (Phi) is 6.41. The Balaban J connectivity index is 2.42. The zero-order valence-corrected chi connectivity index (χ0v) is 11.5.